The first-order valence-electron chi connectivity index (χ1n) is 4.57. The molecular formula is C9H17NO3. The predicted octanol–water partition coefficient (Wildman–Crippen LogP) is 0.302. The fourth-order valence-electron chi connectivity index (χ4n) is 1.94. The van der Waals surface area contributed by atoms with Gasteiger partial charge < -0.3 is 15.2 Å². The van der Waals surface area contributed by atoms with E-state index in [0.717, 1.165) is 19.3 Å². The molecule has 0 aromatic rings. The molecule has 4 heteroatoms. The molecule has 0 bridgehead atoms. The minimum Gasteiger partial charge on any atom is -0.469 e. The van der Waals surface area contributed by atoms with Gasteiger partial charge in [0.2, 0.25) is 0 Å². The average molecular weight is 187 g/mol. The van der Waals surface area contributed by atoms with Gasteiger partial charge >= 0.3 is 5.97 Å². The maximum absolute atomic E-state index is 11.3. The number of hydrogen-bond donors (Lipinski definition) is 1. The Morgan fingerprint density at radius 2 is 2.08 bits per heavy atom. The molecule has 0 aliphatic heterocycles. The maximum atomic E-state index is 11.3. The maximum Gasteiger partial charge on any atom is 0.311 e. The number of carbonyl (C=O) groups excluding carboxylic acids is 1. The third-order valence-corrected chi connectivity index (χ3v) is 2.65. The highest BCUT2D eigenvalue weighted by atomic mass is 16.5. The highest BCUT2D eigenvalue weighted by Crippen LogP contribution is 2.26. The van der Waals surface area contributed by atoms with Gasteiger partial charge in [-0.2, -0.15) is 0 Å². The zero-order valence-corrected chi connectivity index (χ0v) is 8.16. The van der Waals surface area contributed by atoms with E-state index in [4.69, 9.17) is 15.2 Å². The van der Waals surface area contributed by atoms with Gasteiger partial charge in [0.15, 0.2) is 0 Å². The summed E-state index contributed by atoms with van der Waals surface area (Å²) in [7, 11) is 2.99. The van der Waals surface area contributed by atoms with Crippen LogP contribution in [0, 0.1) is 5.92 Å². The fraction of sp³-hybridized carbons (Fsp3) is 0.889. The zero-order valence-electron chi connectivity index (χ0n) is 8.16. The van der Waals surface area contributed by atoms with Crippen molar-refractivity contribution in [2.24, 2.45) is 11.7 Å². The van der Waals surface area contributed by atoms with E-state index in [0.29, 0.717) is 0 Å². The number of methoxy groups -OCH3 is 2. The topological polar surface area (TPSA) is 61.5 Å². The third-order valence-electron chi connectivity index (χ3n) is 2.65. The summed E-state index contributed by atoms with van der Waals surface area (Å²) in [6, 6.07) is -0.0390. The Morgan fingerprint density at radius 3 is 2.62 bits per heavy atom. The molecule has 13 heavy (non-hydrogen) atoms. The molecule has 2 N–H and O–H groups in total. The Hall–Kier alpha value is -0.610. The van der Waals surface area contributed by atoms with Gasteiger partial charge in [-0.05, 0) is 12.8 Å². The van der Waals surface area contributed by atoms with Gasteiger partial charge in [0.25, 0.3) is 0 Å². The average Bonchev–Trinajstić information content (AvgIpc) is 2.16. The summed E-state index contributed by atoms with van der Waals surface area (Å²) in [4.78, 5) is 11.3. The number of esters is 1. The first-order valence-corrected chi connectivity index (χ1v) is 4.57. The molecule has 4 nitrogen and oxygen atoms in total. The van der Waals surface area contributed by atoms with Crippen molar-refractivity contribution < 1.29 is 14.3 Å². The molecule has 3 atom stereocenters. The summed E-state index contributed by atoms with van der Waals surface area (Å²) in [6.07, 6.45) is 2.53. The van der Waals surface area contributed by atoms with Crippen molar-refractivity contribution in [3.05, 3.63) is 0 Å². The summed E-state index contributed by atoms with van der Waals surface area (Å²) in [5.74, 6) is -0.388. The molecule has 0 aromatic heterocycles. The normalized spacial score (nSPS) is 34.2. The quantitative estimate of drug-likeness (QED) is 0.632. The Balaban J connectivity index is 2.64. The van der Waals surface area contributed by atoms with Gasteiger partial charge in [-0.15, -0.1) is 0 Å². The number of nitrogens with two attached hydrogens (primary N) is 1. The van der Waals surface area contributed by atoms with E-state index >= 15 is 0 Å². The van der Waals surface area contributed by atoms with Crippen LogP contribution in [-0.4, -0.2) is 32.3 Å². The molecule has 1 fully saturated rings. The highest BCUT2D eigenvalue weighted by molar-refractivity contribution is 5.73. The van der Waals surface area contributed by atoms with Gasteiger partial charge in [-0.3, -0.25) is 4.79 Å². The summed E-state index contributed by atoms with van der Waals surface area (Å²) < 4.78 is 9.91. The summed E-state index contributed by atoms with van der Waals surface area (Å²) >= 11 is 0. The van der Waals surface area contributed by atoms with Crippen LogP contribution in [0.5, 0.6) is 0 Å². The van der Waals surface area contributed by atoms with Crippen LogP contribution in [0.2, 0.25) is 0 Å². The number of ether oxygens (including phenoxy) is 2. The lowest BCUT2D eigenvalue weighted by atomic mass is 9.83. The van der Waals surface area contributed by atoms with Crippen LogP contribution >= 0.6 is 0 Å². The van der Waals surface area contributed by atoms with Crippen LogP contribution in [-0.2, 0) is 14.3 Å². The second kappa shape index (κ2) is 4.58. The van der Waals surface area contributed by atoms with Crippen LogP contribution in [0.4, 0.5) is 0 Å². The molecule has 76 valence electrons. The van der Waals surface area contributed by atoms with Crippen molar-refractivity contribution in [3.8, 4) is 0 Å². The first-order chi connectivity index (χ1) is 6.20. The van der Waals surface area contributed by atoms with Gasteiger partial charge in [0, 0.05) is 13.2 Å². The Morgan fingerprint density at radius 1 is 1.38 bits per heavy atom. The van der Waals surface area contributed by atoms with Gasteiger partial charge in [-0.25, -0.2) is 0 Å². The molecule has 0 spiro atoms. The van der Waals surface area contributed by atoms with Crippen LogP contribution in [0.1, 0.15) is 19.3 Å². The SMILES string of the molecule is COC(=O)[C@H]1CCC[C@H](N)[C@H]1OC. The van der Waals surface area contributed by atoms with Gasteiger partial charge in [-0.1, -0.05) is 6.42 Å². The van der Waals surface area contributed by atoms with Crippen molar-refractivity contribution >= 4 is 5.97 Å². The highest BCUT2D eigenvalue weighted by Gasteiger charge is 2.36. The van der Waals surface area contributed by atoms with E-state index in [1.165, 1.54) is 7.11 Å². The number of carbonyl (C=O) groups is 1. The molecule has 0 saturated heterocycles. The predicted molar refractivity (Wildman–Crippen MR) is 48.1 cm³/mol. The Bertz CT molecular complexity index is 184. The standard InChI is InChI=1S/C9H17NO3/c1-12-8-6(9(11)13-2)4-3-5-7(8)10/h6-8H,3-5,10H2,1-2H3/t6-,7-,8-/m0/s1. The molecule has 0 aromatic carbocycles. The molecule has 1 rings (SSSR count). The number of rotatable bonds is 2. The summed E-state index contributed by atoms with van der Waals surface area (Å²) in [6.45, 7) is 0. The van der Waals surface area contributed by atoms with E-state index in [1.54, 1.807) is 7.11 Å². The molecule has 1 aliphatic rings. The van der Waals surface area contributed by atoms with E-state index in [2.05, 4.69) is 0 Å². The summed E-state index contributed by atoms with van der Waals surface area (Å²) in [5.41, 5.74) is 5.84. The molecule has 0 amide bonds. The number of hydrogen-bond acceptors (Lipinski definition) is 4. The molecule has 0 radical (unpaired) electrons. The Labute approximate surface area is 78.4 Å². The van der Waals surface area contributed by atoms with Crippen molar-refractivity contribution in [2.45, 2.75) is 31.4 Å². The lowest BCUT2D eigenvalue weighted by molar-refractivity contribution is -0.153. The van der Waals surface area contributed by atoms with Crippen molar-refractivity contribution in [3.63, 3.8) is 0 Å². The second-order valence-electron chi connectivity index (χ2n) is 3.42. The van der Waals surface area contributed by atoms with Crippen LogP contribution in [0.3, 0.4) is 0 Å². The molecule has 0 unspecified atom stereocenters. The molecule has 1 saturated carbocycles. The molecule has 1 aliphatic carbocycles. The van der Waals surface area contributed by atoms with Gasteiger partial charge in [0.1, 0.15) is 0 Å². The van der Waals surface area contributed by atoms with Crippen molar-refractivity contribution in [1.82, 2.24) is 0 Å². The molecule has 0 heterocycles. The van der Waals surface area contributed by atoms with Crippen LogP contribution in [0.25, 0.3) is 0 Å². The van der Waals surface area contributed by atoms with E-state index in [-0.39, 0.29) is 24.0 Å². The second-order valence-corrected chi connectivity index (χ2v) is 3.42. The lowest BCUT2D eigenvalue weighted by Crippen LogP contribution is -2.47. The minimum absolute atomic E-state index is 0.0390. The lowest BCUT2D eigenvalue weighted by Gasteiger charge is -2.33. The van der Waals surface area contributed by atoms with Crippen LogP contribution < -0.4 is 5.73 Å². The minimum atomic E-state index is -0.206. The van der Waals surface area contributed by atoms with Gasteiger partial charge in [0.05, 0.1) is 19.1 Å². The van der Waals surface area contributed by atoms with Crippen LogP contribution in [0.15, 0.2) is 0 Å². The largest absolute Gasteiger partial charge is 0.469 e. The Kier molecular flexibility index (Phi) is 3.69. The molecular weight excluding hydrogens is 170 g/mol. The van der Waals surface area contributed by atoms with Crippen molar-refractivity contribution in [1.29, 1.82) is 0 Å². The van der Waals surface area contributed by atoms with E-state index < -0.39 is 0 Å². The smallest absolute Gasteiger partial charge is 0.311 e. The fourth-order valence-corrected chi connectivity index (χ4v) is 1.94. The van der Waals surface area contributed by atoms with E-state index in [9.17, 15) is 4.79 Å². The first kappa shape index (κ1) is 10.5. The van der Waals surface area contributed by atoms with E-state index in [1.807, 2.05) is 0 Å². The van der Waals surface area contributed by atoms with Crippen molar-refractivity contribution in [2.75, 3.05) is 14.2 Å². The zero-order chi connectivity index (χ0) is 9.84. The third kappa shape index (κ3) is 2.19. The monoisotopic (exact) mass is 187 g/mol. The summed E-state index contributed by atoms with van der Waals surface area (Å²) in [5, 5.41) is 0.